The predicted molar refractivity (Wildman–Crippen MR) is 84.1 cm³/mol. The molecule has 0 aliphatic rings. The maximum Gasteiger partial charge on any atom is 0.341 e. The Hall–Kier alpha value is -2.42. The Bertz CT molecular complexity index is 647. The largest absolute Gasteiger partial charge is 0.465 e. The van der Waals surface area contributed by atoms with Crippen molar-refractivity contribution in [3.05, 3.63) is 47.6 Å². The number of esters is 2. The number of carbonyl (C=O) groups is 2. The molecule has 0 aromatic carbocycles. The van der Waals surface area contributed by atoms with Gasteiger partial charge in [-0.05, 0) is 6.92 Å². The van der Waals surface area contributed by atoms with E-state index in [9.17, 15) is 9.59 Å². The molecule has 2 heterocycles. The first-order valence-corrected chi connectivity index (χ1v) is 7.46. The molecule has 0 saturated carbocycles. The lowest BCUT2D eigenvalue weighted by molar-refractivity contribution is 0.0590. The van der Waals surface area contributed by atoms with Gasteiger partial charge in [0.15, 0.2) is 0 Å². The molecular formula is C14H15BrN4O4. The summed E-state index contributed by atoms with van der Waals surface area (Å²) in [6, 6.07) is 0. The minimum absolute atomic E-state index is 0.363. The molecule has 0 unspecified atom stereocenters. The van der Waals surface area contributed by atoms with E-state index >= 15 is 0 Å². The zero-order valence-electron chi connectivity index (χ0n) is 12.8. The zero-order valence-corrected chi connectivity index (χ0v) is 14.4. The fourth-order valence-corrected chi connectivity index (χ4v) is 1.55. The van der Waals surface area contributed by atoms with E-state index < -0.39 is 11.9 Å². The molecule has 122 valence electrons. The number of hydrogen-bond acceptors (Lipinski definition) is 8. The van der Waals surface area contributed by atoms with Crippen molar-refractivity contribution in [1.82, 2.24) is 19.9 Å². The Morgan fingerprint density at radius 3 is 1.65 bits per heavy atom. The van der Waals surface area contributed by atoms with Gasteiger partial charge in [-0.2, -0.15) is 0 Å². The van der Waals surface area contributed by atoms with Crippen molar-refractivity contribution in [2.24, 2.45) is 0 Å². The molecule has 0 amide bonds. The van der Waals surface area contributed by atoms with Crippen LogP contribution >= 0.6 is 15.9 Å². The second-order valence-electron chi connectivity index (χ2n) is 4.02. The first-order valence-electron chi connectivity index (χ1n) is 6.34. The molecule has 0 aliphatic heterocycles. The summed E-state index contributed by atoms with van der Waals surface area (Å²) in [5.74, 6) is 0.446. The lowest BCUT2D eigenvalue weighted by Crippen LogP contribution is -2.03. The van der Waals surface area contributed by atoms with Gasteiger partial charge in [-0.15, -0.1) is 0 Å². The Morgan fingerprint density at radius 2 is 1.30 bits per heavy atom. The molecule has 0 N–H and O–H groups in total. The molecule has 2 rings (SSSR count). The van der Waals surface area contributed by atoms with Crippen LogP contribution in [0.4, 0.5) is 0 Å². The Kier molecular flexibility index (Phi) is 7.75. The van der Waals surface area contributed by atoms with E-state index in [2.05, 4.69) is 45.3 Å². The van der Waals surface area contributed by atoms with Gasteiger partial charge in [0.25, 0.3) is 0 Å². The average molecular weight is 383 g/mol. The number of alkyl halides is 1. The number of ether oxygens (including phenoxy) is 2. The van der Waals surface area contributed by atoms with Crippen LogP contribution in [0.15, 0.2) is 24.8 Å². The van der Waals surface area contributed by atoms with E-state index in [0.717, 1.165) is 0 Å². The maximum absolute atomic E-state index is 10.9. The summed E-state index contributed by atoms with van der Waals surface area (Å²) in [6.45, 7) is 1.75. The normalized spacial score (nSPS) is 9.39. The molecule has 0 aliphatic carbocycles. The molecule has 2 aromatic heterocycles. The lowest BCUT2D eigenvalue weighted by Gasteiger charge is -1.97. The second kappa shape index (κ2) is 9.57. The van der Waals surface area contributed by atoms with Crippen molar-refractivity contribution < 1.29 is 19.1 Å². The van der Waals surface area contributed by atoms with Gasteiger partial charge in [-0.3, -0.25) is 0 Å². The van der Waals surface area contributed by atoms with Gasteiger partial charge in [0.05, 0.1) is 30.7 Å². The fraction of sp³-hybridized carbons (Fsp3) is 0.286. The highest BCUT2D eigenvalue weighted by atomic mass is 79.9. The van der Waals surface area contributed by atoms with E-state index in [1.165, 1.54) is 39.0 Å². The van der Waals surface area contributed by atoms with Gasteiger partial charge in [0, 0.05) is 24.8 Å². The number of nitrogens with zero attached hydrogens (tertiary/aromatic N) is 4. The molecule has 0 saturated heterocycles. The Balaban J connectivity index is 0.000000231. The van der Waals surface area contributed by atoms with Gasteiger partial charge in [0.2, 0.25) is 0 Å². The van der Waals surface area contributed by atoms with Crippen LogP contribution < -0.4 is 0 Å². The van der Waals surface area contributed by atoms with Gasteiger partial charge in [-0.25, -0.2) is 29.5 Å². The molecule has 0 bridgehead atoms. The summed E-state index contributed by atoms with van der Waals surface area (Å²) in [6.07, 6.45) is 5.76. The highest BCUT2D eigenvalue weighted by molar-refractivity contribution is 9.08. The molecule has 2 aromatic rings. The van der Waals surface area contributed by atoms with E-state index in [-0.39, 0.29) is 0 Å². The standard InChI is InChI=1S/C7H7BrN2O2.C7H8N2O2/c1-12-7(11)5-3-9-6(2-8)10-4-5;1-5-8-3-6(4-9-5)7(10)11-2/h3-4H,2H2,1H3;3-4H,1-2H3. The Labute approximate surface area is 141 Å². The summed E-state index contributed by atoms with van der Waals surface area (Å²) in [5, 5.41) is 0.578. The quantitative estimate of drug-likeness (QED) is 0.583. The first kappa shape index (κ1) is 18.6. The molecule has 8 nitrogen and oxygen atoms in total. The Morgan fingerprint density at radius 1 is 0.913 bits per heavy atom. The molecule has 0 spiro atoms. The van der Waals surface area contributed by atoms with Crippen molar-refractivity contribution in [2.75, 3.05) is 14.2 Å². The highest BCUT2D eigenvalue weighted by Crippen LogP contribution is 2.01. The van der Waals surface area contributed by atoms with Gasteiger partial charge < -0.3 is 9.47 Å². The van der Waals surface area contributed by atoms with Crippen LogP contribution in [0, 0.1) is 6.92 Å². The van der Waals surface area contributed by atoms with Crippen molar-refractivity contribution >= 4 is 27.9 Å². The van der Waals surface area contributed by atoms with Crippen LogP contribution in [-0.2, 0) is 14.8 Å². The van der Waals surface area contributed by atoms with Crippen LogP contribution in [0.2, 0.25) is 0 Å². The average Bonchev–Trinajstić information content (AvgIpc) is 2.61. The summed E-state index contributed by atoms with van der Waals surface area (Å²) in [4.78, 5) is 37.2. The molecular weight excluding hydrogens is 368 g/mol. The maximum atomic E-state index is 10.9. The fourth-order valence-electron chi connectivity index (χ4n) is 1.26. The summed E-state index contributed by atoms with van der Waals surface area (Å²) < 4.78 is 8.94. The molecule has 0 fully saturated rings. The zero-order chi connectivity index (χ0) is 17.2. The molecule has 0 radical (unpaired) electrons. The summed E-state index contributed by atoms with van der Waals surface area (Å²) in [5.41, 5.74) is 0.736. The molecule has 23 heavy (non-hydrogen) atoms. The predicted octanol–water partition coefficient (Wildman–Crippen LogP) is 1.73. The first-order chi connectivity index (χ1) is 11.0. The number of aryl methyl sites for hydroxylation is 1. The summed E-state index contributed by atoms with van der Waals surface area (Å²) >= 11 is 3.19. The highest BCUT2D eigenvalue weighted by Gasteiger charge is 2.05. The lowest BCUT2D eigenvalue weighted by atomic mass is 10.3. The smallest absolute Gasteiger partial charge is 0.341 e. The topological polar surface area (TPSA) is 104 Å². The van der Waals surface area contributed by atoms with E-state index in [4.69, 9.17) is 0 Å². The number of hydrogen-bond donors (Lipinski definition) is 0. The SMILES string of the molecule is COC(=O)c1cnc(C)nc1.COC(=O)c1cnc(CBr)nc1. The van der Waals surface area contributed by atoms with Crippen molar-refractivity contribution in [1.29, 1.82) is 0 Å². The number of aromatic nitrogens is 4. The monoisotopic (exact) mass is 382 g/mol. The van der Waals surface area contributed by atoms with Crippen molar-refractivity contribution in [3.63, 3.8) is 0 Å². The third-order valence-electron chi connectivity index (χ3n) is 2.45. The molecule has 0 atom stereocenters. The third kappa shape index (κ3) is 6.07. The number of methoxy groups -OCH3 is 2. The van der Waals surface area contributed by atoms with E-state index in [1.807, 2.05) is 0 Å². The second-order valence-corrected chi connectivity index (χ2v) is 4.58. The van der Waals surface area contributed by atoms with Gasteiger partial charge >= 0.3 is 11.9 Å². The number of carbonyl (C=O) groups excluding carboxylic acids is 2. The van der Waals surface area contributed by atoms with Crippen LogP contribution in [-0.4, -0.2) is 46.1 Å². The third-order valence-corrected chi connectivity index (χ3v) is 2.95. The minimum Gasteiger partial charge on any atom is -0.465 e. The van der Waals surface area contributed by atoms with Crippen LogP contribution in [0.1, 0.15) is 32.4 Å². The van der Waals surface area contributed by atoms with Crippen molar-refractivity contribution in [3.8, 4) is 0 Å². The molecule has 9 heteroatoms. The minimum atomic E-state index is -0.420. The van der Waals surface area contributed by atoms with Gasteiger partial charge in [-0.1, -0.05) is 15.9 Å². The van der Waals surface area contributed by atoms with E-state index in [1.54, 1.807) is 6.92 Å². The number of rotatable bonds is 3. The van der Waals surface area contributed by atoms with Crippen molar-refractivity contribution in [2.45, 2.75) is 12.3 Å². The number of halogens is 1. The van der Waals surface area contributed by atoms with Crippen LogP contribution in [0.25, 0.3) is 0 Å². The van der Waals surface area contributed by atoms with Crippen LogP contribution in [0.5, 0.6) is 0 Å². The summed E-state index contributed by atoms with van der Waals surface area (Å²) in [7, 11) is 2.64. The van der Waals surface area contributed by atoms with E-state index in [0.29, 0.717) is 28.1 Å². The van der Waals surface area contributed by atoms with Crippen LogP contribution in [0.3, 0.4) is 0 Å². The van der Waals surface area contributed by atoms with Gasteiger partial charge in [0.1, 0.15) is 11.6 Å².